The van der Waals surface area contributed by atoms with Crippen molar-refractivity contribution in [3.8, 4) is 0 Å². The molecule has 0 spiro atoms. The average molecular weight is 465 g/mol. The first-order valence-corrected chi connectivity index (χ1v) is 14.1. The molecule has 1 aliphatic carbocycles. The summed E-state index contributed by atoms with van der Waals surface area (Å²) in [7, 11) is -2.70. The quantitative estimate of drug-likeness (QED) is 0.442. The fraction of sp³-hybridized carbons (Fsp3) is 0.483. The van der Waals surface area contributed by atoms with Gasteiger partial charge >= 0.3 is 0 Å². The molecule has 1 unspecified atom stereocenters. The lowest BCUT2D eigenvalue weighted by atomic mass is 9.80. The fourth-order valence-corrected chi connectivity index (χ4v) is 9.66. The normalized spacial score (nSPS) is 17.2. The van der Waals surface area contributed by atoms with E-state index in [-0.39, 0.29) is 11.6 Å². The molecule has 0 saturated heterocycles. The fourth-order valence-electron chi connectivity index (χ4n) is 5.10. The third kappa shape index (κ3) is 5.59. The highest BCUT2D eigenvalue weighted by atomic mass is 28.4. The lowest BCUT2D eigenvalue weighted by Gasteiger charge is -2.43. The lowest BCUT2D eigenvalue weighted by molar-refractivity contribution is 0.0397. The van der Waals surface area contributed by atoms with E-state index in [4.69, 9.17) is 4.43 Å². The number of aliphatic hydroxyl groups excluding tert-OH is 1. The van der Waals surface area contributed by atoms with Gasteiger partial charge in [-0.15, -0.1) is 5.73 Å². The molecule has 2 aromatic carbocycles. The van der Waals surface area contributed by atoms with Crippen LogP contribution in [0.5, 0.6) is 0 Å². The van der Waals surface area contributed by atoms with Gasteiger partial charge in [-0.05, 0) is 47.7 Å². The minimum Gasteiger partial charge on any atom is -0.404 e. The third-order valence-electron chi connectivity index (χ3n) is 7.14. The van der Waals surface area contributed by atoms with Crippen LogP contribution in [0, 0.1) is 0 Å². The predicted molar refractivity (Wildman–Crippen MR) is 140 cm³/mol. The molecule has 0 radical (unpaired) electrons. The third-order valence-corrected chi connectivity index (χ3v) is 12.1. The van der Waals surface area contributed by atoms with Crippen LogP contribution in [0.3, 0.4) is 0 Å². The van der Waals surface area contributed by atoms with E-state index in [2.05, 4.69) is 75.0 Å². The van der Waals surface area contributed by atoms with Gasteiger partial charge in [-0.2, -0.15) is 0 Å². The maximum Gasteiger partial charge on any atom is 0.261 e. The predicted octanol–water partition coefficient (Wildman–Crippen LogP) is 5.11. The summed E-state index contributed by atoms with van der Waals surface area (Å²) in [5.41, 5.74) is 4.06. The Bertz CT molecular complexity index is 923. The standard InChI is InChI=1S/C29H40O3Si/c1-23(21-24(2)29(31)19-13-8-14-20-29)27(30)22-32-33(28(3,4)5,25-15-9-6-10-16-25)26-17-11-7-12-18-26/h6-7,9-12,15-18,27,30-31H,8,13-14,19-20,22H2,1-5H3. The molecule has 33 heavy (non-hydrogen) atoms. The van der Waals surface area contributed by atoms with Crippen LogP contribution in [0.25, 0.3) is 0 Å². The van der Waals surface area contributed by atoms with Gasteiger partial charge in [0, 0.05) is 5.57 Å². The Hall–Kier alpha value is -1.94. The van der Waals surface area contributed by atoms with E-state index >= 15 is 0 Å². The van der Waals surface area contributed by atoms with E-state index in [9.17, 15) is 10.2 Å². The van der Waals surface area contributed by atoms with Gasteiger partial charge < -0.3 is 14.6 Å². The van der Waals surface area contributed by atoms with E-state index in [1.807, 2.05) is 26.0 Å². The van der Waals surface area contributed by atoms with Crippen molar-refractivity contribution in [1.82, 2.24) is 0 Å². The lowest BCUT2D eigenvalue weighted by Crippen LogP contribution is -2.67. The van der Waals surface area contributed by atoms with E-state index < -0.39 is 20.0 Å². The molecular formula is C29H40O3Si. The molecule has 0 aromatic heterocycles. The van der Waals surface area contributed by atoms with Crippen molar-refractivity contribution in [1.29, 1.82) is 0 Å². The van der Waals surface area contributed by atoms with E-state index in [1.54, 1.807) is 0 Å². The smallest absolute Gasteiger partial charge is 0.261 e. The summed E-state index contributed by atoms with van der Waals surface area (Å²) in [6, 6.07) is 20.9. The van der Waals surface area contributed by atoms with Gasteiger partial charge in [-0.3, -0.25) is 0 Å². The van der Waals surface area contributed by atoms with Crippen molar-refractivity contribution in [2.45, 2.75) is 83.5 Å². The summed E-state index contributed by atoms with van der Waals surface area (Å²) in [6.07, 6.45) is 4.01. The molecule has 178 valence electrons. The van der Waals surface area contributed by atoms with E-state index in [0.717, 1.165) is 31.3 Å². The van der Waals surface area contributed by atoms with Crippen LogP contribution in [0.15, 0.2) is 77.5 Å². The first-order chi connectivity index (χ1) is 15.6. The Morgan fingerprint density at radius 1 is 0.939 bits per heavy atom. The highest BCUT2D eigenvalue weighted by Crippen LogP contribution is 2.37. The van der Waals surface area contributed by atoms with Crippen molar-refractivity contribution in [2.75, 3.05) is 6.61 Å². The molecule has 1 aliphatic rings. The molecule has 1 fully saturated rings. The SMILES string of the molecule is CC(=C=C(C)C1(O)CCCCC1)C(O)CO[Si](c1ccccc1)(c1ccccc1)C(C)(C)C. The van der Waals surface area contributed by atoms with Crippen LogP contribution in [0.1, 0.15) is 66.7 Å². The van der Waals surface area contributed by atoms with Crippen molar-refractivity contribution < 1.29 is 14.6 Å². The summed E-state index contributed by atoms with van der Waals surface area (Å²) in [4.78, 5) is 0. The van der Waals surface area contributed by atoms with E-state index in [0.29, 0.717) is 5.57 Å². The van der Waals surface area contributed by atoms with Crippen LogP contribution >= 0.6 is 0 Å². The summed E-state index contributed by atoms with van der Waals surface area (Å²) >= 11 is 0. The van der Waals surface area contributed by atoms with Crippen molar-refractivity contribution in [3.05, 3.63) is 77.5 Å². The summed E-state index contributed by atoms with van der Waals surface area (Å²) in [5.74, 6) is 0. The maximum absolute atomic E-state index is 11.1. The Morgan fingerprint density at radius 3 is 1.88 bits per heavy atom. The first-order valence-electron chi connectivity index (χ1n) is 12.2. The number of hydrogen-bond acceptors (Lipinski definition) is 3. The molecule has 1 atom stereocenters. The molecule has 0 heterocycles. The van der Waals surface area contributed by atoms with Crippen LogP contribution in [-0.2, 0) is 4.43 Å². The van der Waals surface area contributed by atoms with Crippen molar-refractivity contribution >= 4 is 18.7 Å². The summed E-state index contributed by atoms with van der Waals surface area (Å²) in [6.45, 7) is 10.7. The van der Waals surface area contributed by atoms with Crippen molar-refractivity contribution in [3.63, 3.8) is 0 Å². The van der Waals surface area contributed by atoms with Gasteiger partial charge in [-0.1, -0.05) is 101 Å². The monoisotopic (exact) mass is 464 g/mol. The summed E-state index contributed by atoms with van der Waals surface area (Å²) < 4.78 is 6.86. The molecule has 2 aromatic rings. The van der Waals surface area contributed by atoms with E-state index in [1.165, 1.54) is 16.8 Å². The summed E-state index contributed by atoms with van der Waals surface area (Å²) in [5, 5.41) is 24.3. The Morgan fingerprint density at radius 2 is 1.42 bits per heavy atom. The van der Waals surface area contributed by atoms with Gasteiger partial charge in [0.25, 0.3) is 8.32 Å². The van der Waals surface area contributed by atoms with Crippen LogP contribution in [0.2, 0.25) is 5.04 Å². The molecule has 2 N–H and O–H groups in total. The Balaban J connectivity index is 1.95. The van der Waals surface area contributed by atoms with Gasteiger partial charge in [0.2, 0.25) is 0 Å². The van der Waals surface area contributed by atoms with Gasteiger partial charge in [0.05, 0.1) is 12.2 Å². The first kappa shape index (κ1) is 25.7. The van der Waals surface area contributed by atoms with Crippen LogP contribution in [0.4, 0.5) is 0 Å². The minimum absolute atomic E-state index is 0.143. The average Bonchev–Trinajstić information content (AvgIpc) is 2.80. The molecule has 4 heteroatoms. The van der Waals surface area contributed by atoms with Gasteiger partial charge in [-0.25, -0.2) is 0 Å². The highest BCUT2D eigenvalue weighted by molar-refractivity contribution is 6.99. The van der Waals surface area contributed by atoms with Gasteiger partial charge in [0.1, 0.15) is 6.10 Å². The Kier molecular flexibility index (Phi) is 8.20. The molecule has 0 bridgehead atoms. The molecule has 0 aliphatic heterocycles. The molecule has 3 rings (SSSR count). The second kappa shape index (κ2) is 10.5. The molecule has 0 amide bonds. The number of hydrogen-bond donors (Lipinski definition) is 2. The molecular weight excluding hydrogens is 424 g/mol. The molecule has 3 nitrogen and oxygen atoms in total. The number of benzene rings is 2. The number of rotatable bonds is 7. The topological polar surface area (TPSA) is 49.7 Å². The minimum atomic E-state index is -2.70. The zero-order chi connectivity index (χ0) is 24.1. The van der Waals surface area contributed by atoms with Crippen LogP contribution < -0.4 is 10.4 Å². The zero-order valence-corrected chi connectivity index (χ0v) is 21.9. The maximum atomic E-state index is 11.1. The zero-order valence-electron chi connectivity index (χ0n) is 20.9. The second-order valence-corrected chi connectivity index (χ2v) is 14.8. The highest BCUT2D eigenvalue weighted by Gasteiger charge is 2.50. The number of aliphatic hydroxyl groups is 2. The Labute approximate surface area is 201 Å². The van der Waals surface area contributed by atoms with Crippen molar-refractivity contribution in [2.24, 2.45) is 0 Å². The molecule has 1 saturated carbocycles. The largest absolute Gasteiger partial charge is 0.404 e. The van der Waals surface area contributed by atoms with Gasteiger partial charge in [0.15, 0.2) is 0 Å². The van der Waals surface area contributed by atoms with Crippen LogP contribution in [-0.4, -0.2) is 36.8 Å². The second-order valence-electron chi connectivity index (χ2n) is 10.5.